The Labute approximate surface area is 120 Å². The molecule has 0 aliphatic carbocycles. The Morgan fingerprint density at radius 2 is 1.95 bits per heavy atom. The summed E-state index contributed by atoms with van der Waals surface area (Å²) in [6.45, 7) is 10.5. The number of hydrogen-bond acceptors (Lipinski definition) is 2. The lowest BCUT2D eigenvalue weighted by Gasteiger charge is -2.27. The molecule has 0 spiro atoms. The summed E-state index contributed by atoms with van der Waals surface area (Å²) in [5.41, 5.74) is 7.97. The summed E-state index contributed by atoms with van der Waals surface area (Å²) in [6.07, 6.45) is 0.692. The van der Waals surface area contributed by atoms with Crippen LogP contribution >= 0.6 is 0 Å². The number of halogens is 1. The molecule has 4 heteroatoms. The van der Waals surface area contributed by atoms with Gasteiger partial charge in [-0.25, -0.2) is 9.37 Å². The van der Waals surface area contributed by atoms with Crippen LogP contribution in [0.15, 0.2) is 18.2 Å². The summed E-state index contributed by atoms with van der Waals surface area (Å²) in [6, 6.07) is 4.98. The summed E-state index contributed by atoms with van der Waals surface area (Å²) < 4.78 is 15.6. The second-order valence-electron chi connectivity index (χ2n) is 6.80. The Morgan fingerprint density at radius 1 is 1.30 bits per heavy atom. The maximum atomic E-state index is 13.5. The molecule has 0 saturated carbocycles. The van der Waals surface area contributed by atoms with E-state index in [2.05, 4.69) is 44.2 Å². The van der Waals surface area contributed by atoms with Gasteiger partial charge in [-0.15, -0.1) is 0 Å². The predicted molar refractivity (Wildman–Crippen MR) is 81.2 cm³/mol. The van der Waals surface area contributed by atoms with E-state index >= 15 is 0 Å². The van der Waals surface area contributed by atoms with Crippen molar-refractivity contribution in [2.45, 2.75) is 53.1 Å². The smallest absolute Gasteiger partial charge is 0.125 e. The minimum Gasteiger partial charge on any atom is -0.327 e. The van der Waals surface area contributed by atoms with Crippen molar-refractivity contribution >= 4 is 11.0 Å². The van der Waals surface area contributed by atoms with Crippen molar-refractivity contribution in [1.82, 2.24) is 9.55 Å². The number of imidazole rings is 1. The van der Waals surface area contributed by atoms with Gasteiger partial charge in [0, 0.05) is 18.5 Å². The summed E-state index contributed by atoms with van der Waals surface area (Å²) >= 11 is 0. The van der Waals surface area contributed by atoms with Gasteiger partial charge < -0.3 is 10.3 Å². The van der Waals surface area contributed by atoms with E-state index in [9.17, 15) is 4.39 Å². The van der Waals surface area contributed by atoms with Crippen LogP contribution in [0.3, 0.4) is 0 Å². The van der Waals surface area contributed by atoms with Gasteiger partial charge >= 0.3 is 0 Å². The summed E-state index contributed by atoms with van der Waals surface area (Å²) in [4.78, 5) is 4.64. The van der Waals surface area contributed by atoms with E-state index in [0.29, 0.717) is 6.42 Å². The Morgan fingerprint density at radius 3 is 2.50 bits per heavy atom. The van der Waals surface area contributed by atoms with Crippen molar-refractivity contribution in [3.63, 3.8) is 0 Å². The van der Waals surface area contributed by atoms with Gasteiger partial charge in [0.05, 0.1) is 11.0 Å². The first kappa shape index (κ1) is 15.0. The highest BCUT2D eigenvalue weighted by Gasteiger charge is 2.24. The molecule has 0 saturated heterocycles. The molecule has 1 atom stereocenters. The zero-order valence-electron chi connectivity index (χ0n) is 12.9. The number of benzene rings is 1. The molecule has 20 heavy (non-hydrogen) atoms. The Hall–Kier alpha value is -1.42. The summed E-state index contributed by atoms with van der Waals surface area (Å²) in [5, 5.41) is 0. The molecule has 3 nitrogen and oxygen atoms in total. The highest BCUT2D eigenvalue weighted by Crippen LogP contribution is 2.26. The highest BCUT2D eigenvalue weighted by atomic mass is 19.1. The standard InChI is InChI=1S/C16H24FN3/c1-10(2)20-13-8-11(17)6-7-12(13)19-15(20)9-14(18)16(3,4)5/h6-8,10,14H,9,18H2,1-5H3. The normalized spacial score (nSPS) is 14.2. The van der Waals surface area contributed by atoms with Crippen LogP contribution in [0.5, 0.6) is 0 Å². The minimum atomic E-state index is -0.231. The molecule has 1 aromatic heterocycles. The maximum absolute atomic E-state index is 13.5. The summed E-state index contributed by atoms with van der Waals surface area (Å²) in [5.74, 6) is 0.703. The molecule has 1 heterocycles. The number of nitrogens with two attached hydrogens (primary N) is 1. The predicted octanol–water partition coefficient (Wildman–Crippen LogP) is 3.67. The first-order valence-electron chi connectivity index (χ1n) is 7.12. The molecule has 0 radical (unpaired) electrons. The number of fused-ring (bicyclic) bond motifs is 1. The van der Waals surface area contributed by atoms with Gasteiger partial charge in [-0.1, -0.05) is 20.8 Å². The van der Waals surface area contributed by atoms with Crippen LogP contribution in [0.25, 0.3) is 11.0 Å². The number of hydrogen-bond donors (Lipinski definition) is 1. The second-order valence-corrected chi connectivity index (χ2v) is 6.80. The fourth-order valence-electron chi connectivity index (χ4n) is 2.34. The van der Waals surface area contributed by atoms with E-state index in [4.69, 9.17) is 5.73 Å². The molecule has 0 aliphatic heterocycles. The van der Waals surface area contributed by atoms with E-state index < -0.39 is 0 Å². The van der Waals surface area contributed by atoms with Gasteiger partial charge in [-0.2, -0.15) is 0 Å². The molecular formula is C16H24FN3. The second kappa shape index (κ2) is 5.17. The third-order valence-corrected chi connectivity index (χ3v) is 3.76. The maximum Gasteiger partial charge on any atom is 0.125 e. The lowest BCUT2D eigenvalue weighted by molar-refractivity contribution is 0.311. The average Bonchev–Trinajstić information content (AvgIpc) is 2.64. The van der Waals surface area contributed by atoms with Crippen LogP contribution < -0.4 is 5.73 Å². The van der Waals surface area contributed by atoms with E-state index in [1.54, 1.807) is 12.1 Å². The SMILES string of the molecule is CC(C)n1c(CC(N)C(C)(C)C)nc2ccc(F)cc21. The van der Waals surface area contributed by atoms with Crippen molar-refractivity contribution in [1.29, 1.82) is 0 Å². The third kappa shape index (κ3) is 2.85. The third-order valence-electron chi connectivity index (χ3n) is 3.76. The van der Waals surface area contributed by atoms with Gasteiger partial charge in [0.15, 0.2) is 0 Å². The number of rotatable bonds is 3. The Kier molecular flexibility index (Phi) is 3.87. The van der Waals surface area contributed by atoms with Crippen molar-refractivity contribution < 1.29 is 4.39 Å². The molecular weight excluding hydrogens is 253 g/mol. The van der Waals surface area contributed by atoms with Crippen molar-refractivity contribution in [3.8, 4) is 0 Å². The van der Waals surface area contributed by atoms with Gasteiger partial charge in [0.2, 0.25) is 0 Å². The first-order valence-corrected chi connectivity index (χ1v) is 7.12. The van der Waals surface area contributed by atoms with Crippen LogP contribution in [0.2, 0.25) is 0 Å². The summed E-state index contributed by atoms with van der Waals surface area (Å²) in [7, 11) is 0. The molecule has 2 rings (SSSR count). The van der Waals surface area contributed by atoms with Gasteiger partial charge in [-0.05, 0) is 37.5 Å². The van der Waals surface area contributed by atoms with Gasteiger partial charge in [0.1, 0.15) is 11.6 Å². The van der Waals surface area contributed by atoms with Crippen LogP contribution in [-0.4, -0.2) is 15.6 Å². The van der Waals surface area contributed by atoms with E-state index in [1.165, 1.54) is 6.07 Å². The lowest BCUT2D eigenvalue weighted by Crippen LogP contribution is -2.37. The molecule has 110 valence electrons. The average molecular weight is 277 g/mol. The molecule has 2 aromatic rings. The zero-order chi connectivity index (χ0) is 15.1. The van der Waals surface area contributed by atoms with E-state index in [0.717, 1.165) is 16.9 Å². The van der Waals surface area contributed by atoms with Crippen LogP contribution in [0.1, 0.15) is 46.5 Å². The fraction of sp³-hybridized carbons (Fsp3) is 0.562. The molecule has 0 amide bonds. The topological polar surface area (TPSA) is 43.8 Å². The Bertz CT molecular complexity index is 608. The monoisotopic (exact) mass is 277 g/mol. The molecule has 0 bridgehead atoms. The zero-order valence-corrected chi connectivity index (χ0v) is 12.9. The number of aromatic nitrogens is 2. The largest absolute Gasteiger partial charge is 0.327 e. The van der Waals surface area contributed by atoms with Crippen molar-refractivity contribution in [2.24, 2.45) is 11.1 Å². The molecule has 1 unspecified atom stereocenters. The highest BCUT2D eigenvalue weighted by molar-refractivity contribution is 5.76. The fourth-order valence-corrected chi connectivity index (χ4v) is 2.34. The van der Waals surface area contributed by atoms with E-state index in [1.807, 2.05) is 0 Å². The van der Waals surface area contributed by atoms with E-state index in [-0.39, 0.29) is 23.3 Å². The lowest BCUT2D eigenvalue weighted by atomic mass is 9.85. The molecule has 2 N–H and O–H groups in total. The minimum absolute atomic E-state index is 0.0154. The van der Waals surface area contributed by atoms with Crippen molar-refractivity contribution in [3.05, 3.63) is 29.8 Å². The van der Waals surface area contributed by atoms with Crippen LogP contribution in [0.4, 0.5) is 4.39 Å². The molecule has 0 fully saturated rings. The van der Waals surface area contributed by atoms with Crippen molar-refractivity contribution in [2.75, 3.05) is 0 Å². The molecule has 0 aliphatic rings. The quantitative estimate of drug-likeness (QED) is 0.930. The molecule has 1 aromatic carbocycles. The number of nitrogens with zero attached hydrogens (tertiary/aromatic N) is 2. The Balaban J connectivity index is 2.50. The van der Waals surface area contributed by atoms with Gasteiger partial charge in [-0.3, -0.25) is 0 Å². The van der Waals surface area contributed by atoms with Gasteiger partial charge in [0.25, 0.3) is 0 Å². The van der Waals surface area contributed by atoms with Crippen LogP contribution in [0, 0.1) is 11.2 Å². The first-order chi connectivity index (χ1) is 9.20. The van der Waals surface area contributed by atoms with Crippen LogP contribution in [-0.2, 0) is 6.42 Å².